The van der Waals surface area contributed by atoms with Crippen LogP contribution in [0.4, 0.5) is 0 Å². The second-order valence-corrected chi connectivity index (χ2v) is 10.7. The van der Waals surface area contributed by atoms with Gasteiger partial charge in [0.15, 0.2) is 0 Å². The zero-order valence-corrected chi connectivity index (χ0v) is 15.1. The van der Waals surface area contributed by atoms with Gasteiger partial charge in [-0.05, 0) is 0 Å². The normalized spacial score (nSPS) is 12.8. The Morgan fingerprint density at radius 1 is 0.720 bits per heavy atom. The Morgan fingerprint density at radius 3 is 1.28 bits per heavy atom. The standard InChI is InChI=1S/C22H21O2P/c1-2-22(24)25(18-23,19-12-6-3-7-13-19,20-14-8-4-9-15-20)21-16-10-5-11-17-21/h3-18H,2H2,1H3. The van der Waals surface area contributed by atoms with Gasteiger partial charge in [-0.25, -0.2) is 0 Å². The van der Waals surface area contributed by atoms with E-state index in [0.717, 1.165) is 21.9 Å². The first kappa shape index (κ1) is 17.3. The molecule has 0 aliphatic rings. The van der Waals surface area contributed by atoms with Gasteiger partial charge >= 0.3 is 148 Å². The Kier molecular flexibility index (Phi) is 4.65. The van der Waals surface area contributed by atoms with Crippen molar-refractivity contribution in [2.45, 2.75) is 13.3 Å². The summed E-state index contributed by atoms with van der Waals surface area (Å²) in [6.45, 7) is -2.05. The molecule has 3 rings (SSSR count). The molecule has 0 atom stereocenters. The van der Waals surface area contributed by atoms with Gasteiger partial charge in [-0.2, -0.15) is 0 Å². The summed E-state index contributed by atoms with van der Waals surface area (Å²) in [5.41, 5.74) is -0.00963. The van der Waals surface area contributed by atoms with E-state index in [4.69, 9.17) is 0 Å². The third-order valence-corrected chi connectivity index (χ3v) is 10.8. The molecule has 0 bridgehead atoms. The van der Waals surface area contributed by atoms with Crippen LogP contribution in [0.2, 0.25) is 0 Å². The van der Waals surface area contributed by atoms with Crippen LogP contribution in [0.5, 0.6) is 0 Å². The van der Waals surface area contributed by atoms with E-state index >= 15 is 0 Å². The van der Waals surface area contributed by atoms with Crippen LogP contribution < -0.4 is 15.9 Å². The number of benzene rings is 3. The number of carbonyl (C=O) groups is 2. The predicted molar refractivity (Wildman–Crippen MR) is 107 cm³/mol. The summed E-state index contributed by atoms with van der Waals surface area (Å²) >= 11 is 0. The third kappa shape index (κ3) is 2.29. The maximum atomic E-state index is 13.6. The second kappa shape index (κ2) is 6.74. The summed E-state index contributed by atoms with van der Waals surface area (Å²) in [5.74, 6) is 0. The van der Waals surface area contributed by atoms with Crippen molar-refractivity contribution in [2.75, 3.05) is 0 Å². The summed E-state index contributed by atoms with van der Waals surface area (Å²) in [4.78, 5) is 26.6. The van der Waals surface area contributed by atoms with Crippen LogP contribution in [0.3, 0.4) is 0 Å². The van der Waals surface area contributed by atoms with Crippen molar-refractivity contribution in [1.82, 2.24) is 0 Å². The van der Waals surface area contributed by atoms with Crippen molar-refractivity contribution in [3.8, 4) is 0 Å². The first-order valence-electron chi connectivity index (χ1n) is 8.39. The predicted octanol–water partition coefficient (Wildman–Crippen LogP) is 3.64. The molecule has 0 aromatic heterocycles. The van der Waals surface area contributed by atoms with E-state index < -0.39 is 6.60 Å². The molecule has 0 amide bonds. The maximum absolute atomic E-state index is 13.6. The van der Waals surface area contributed by atoms with Gasteiger partial charge in [-0.3, -0.25) is 0 Å². The fourth-order valence-corrected chi connectivity index (χ4v) is 8.93. The molecule has 0 N–H and O–H groups in total. The number of hydrogen-bond acceptors (Lipinski definition) is 2. The summed E-state index contributed by atoms with van der Waals surface area (Å²) in [5, 5.41) is 2.40. The molecule has 0 aliphatic heterocycles. The van der Waals surface area contributed by atoms with E-state index in [0.29, 0.717) is 6.42 Å². The average molecular weight is 348 g/mol. The first-order valence-corrected chi connectivity index (χ1v) is 10.7. The van der Waals surface area contributed by atoms with E-state index in [1.54, 1.807) is 0 Å². The van der Waals surface area contributed by atoms with Gasteiger partial charge in [0.05, 0.1) is 0 Å². The van der Waals surface area contributed by atoms with Gasteiger partial charge in [0.25, 0.3) is 0 Å². The van der Waals surface area contributed by atoms with Crippen LogP contribution >= 0.6 is 6.60 Å². The topological polar surface area (TPSA) is 34.1 Å². The van der Waals surface area contributed by atoms with E-state index in [9.17, 15) is 9.59 Å². The minimum atomic E-state index is -3.88. The van der Waals surface area contributed by atoms with Gasteiger partial charge < -0.3 is 0 Å². The van der Waals surface area contributed by atoms with Crippen molar-refractivity contribution < 1.29 is 9.59 Å². The molecule has 3 aromatic rings. The Balaban J connectivity index is 2.58. The van der Waals surface area contributed by atoms with Crippen molar-refractivity contribution in [3.63, 3.8) is 0 Å². The first-order chi connectivity index (χ1) is 12.2. The Bertz CT molecular complexity index is 774. The fraction of sp³-hybridized carbons (Fsp3) is 0.0909. The van der Waals surface area contributed by atoms with Crippen LogP contribution in [0.1, 0.15) is 13.3 Å². The monoisotopic (exact) mass is 348 g/mol. The van der Waals surface area contributed by atoms with Crippen molar-refractivity contribution >= 4 is 34.1 Å². The van der Waals surface area contributed by atoms with Gasteiger partial charge in [0.1, 0.15) is 0 Å². The molecule has 25 heavy (non-hydrogen) atoms. The van der Waals surface area contributed by atoms with Crippen molar-refractivity contribution in [3.05, 3.63) is 91.0 Å². The van der Waals surface area contributed by atoms with Gasteiger partial charge in [0.2, 0.25) is 0 Å². The molecule has 126 valence electrons. The van der Waals surface area contributed by atoms with Gasteiger partial charge in [-0.15, -0.1) is 0 Å². The van der Waals surface area contributed by atoms with E-state index in [2.05, 4.69) is 0 Å². The van der Waals surface area contributed by atoms with Crippen molar-refractivity contribution in [1.29, 1.82) is 0 Å². The number of rotatable bonds is 6. The van der Waals surface area contributed by atoms with Crippen LogP contribution in [0.15, 0.2) is 91.0 Å². The van der Waals surface area contributed by atoms with Crippen molar-refractivity contribution in [2.24, 2.45) is 0 Å². The minimum absolute atomic E-state index is 0.00963. The zero-order valence-electron chi connectivity index (χ0n) is 14.2. The van der Waals surface area contributed by atoms with Crippen LogP contribution in [-0.4, -0.2) is 11.6 Å². The molecule has 0 aliphatic carbocycles. The fourth-order valence-electron chi connectivity index (χ4n) is 3.66. The SMILES string of the molecule is CCC(=O)P(C=O)(c1ccccc1)(c1ccccc1)c1ccccc1. The summed E-state index contributed by atoms with van der Waals surface area (Å²) < 4.78 is 0. The molecular weight excluding hydrogens is 327 g/mol. The summed E-state index contributed by atoms with van der Waals surface area (Å²) in [7, 11) is 0. The third-order valence-electron chi connectivity index (χ3n) is 4.91. The molecule has 0 radical (unpaired) electrons. The average Bonchev–Trinajstić information content (AvgIpc) is 2.72. The molecule has 3 heteroatoms. The Hall–Kier alpha value is -2.57. The Labute approximate surface area is 148 Å². The van der Waals surface area contributed by atoms with E-state index in [1.807, 2.05) is 97.9 Å². The Morgan fingerprint density at radius 2 is 1.04 bits per heavy atom. The molecule has 3 aromatic carbocycles. The van der Waals surface area contributed by atoms with Gasteiger partial charge in [0, 0.05) is 0 Å². The summed E-state index contributed by atoms with van der Waals surface area (Å²) in [6, 6.07) is 29.6. The van der Waals surface area contributed by atoms with Gasteiger partial charge in [-0.1, -0.05) is 0 Å². The molecule has 0 heterocycles. The molecule has 2 nitrogen and oxygen atoms in total. The molecule has 0 spiro atoms. The van der Waals surface area contributed by atoms with Crippen LogP contribution in [-0.2, 0) is 9.59 Å². The van der Waals surface area contributed by atoms with Crippen LogP contribution in [0.25, 0.3) is 0 Å². The van der Waals surface area contributed by atoms with E-state index in [1.165, 1.54) is 0 Å². The number of hydrogen-bond donors (Lipinski definition) is 0. The van der Waals surface area contributed by atoms with Crippen LogP contribution in [0, 0.1) is 0 Å². The zero-order chi connectivity index (χ0) is 17.8. The molecule has 0 fully saturated rings. The molecule has 0 saturated carbocycles. The molecular formula is C22H21O2P. The molecule has 0 saturated heterocycles. The summed E-state index contributed by atoms with van der Waals surface area (Å²) in [6.07, 6.45) is 0.301. The second-order valence-electron chi connectivity index (χ2n) is 6.05. The number of carbonyl (C=O) groups excluding carboxylic acids is 2. The quantitative estimate of drug-likeness (QED) is 0.503. The molecule has 0 unspecified atom stereocenters. The van der Waals surface area contributed by atoms with E-state index in [-0.39, 0.29) is 5.52 Å².